The Morgan fingerprint density at radius 2 is 1.76 bits per heavy atom. The maximum Gasteiger partial charge on any atom is 0.229 e. The monoisotopic (exact) mass is 477 g/mol. The summed E-state index contributed by atoms with van der Waals surface area (Å²) in [4.78, 5) is 13.2. The van der Waals surface area contributed by atoms with E-state index < -0.39 is 9.84 Å². The second-order valence-corrected chi connectivity index (χ2v) is 11.2. The largest absolute Gasteiger partial charge is 0.340 e. The zero-order valence-electron chi connectivity index (χ0n) is 19.5. The first-order valence-corrected chi connectivity index (χ1v) is 12.4. The molecular formula is C24H27N7O2S. The van der Waals surface area contributed by atoms with Gasteiger partial charge in [0.1, 0.15) is 18.5 Å². The summed E-state index contributed by atoms with van der Waals surface area (Å²) in [7, 11) is -3.41. The lowest BCUT2D eigenvalue weighted by atomic mass is 10.0. The van der Waals surface area contributed by atoms with Crippen LogP contribution in [0.2, 0.25) is 0 Å². The number of aryl methyl sites for hydroxylation is 1. The summed E-state index contributed by atoms with van der Waals surface area (Å²) in [6, 6.07) is 14.4. The van der Waals surface area contributed by atoms with Crippen LogP contribution in [0.1, 0.15) is 26.3 Å². The summed E-state index contributed by atoms with van der Waals surface area (Å²) in [5.74, 6) is 1.07. The summed E-state index contributed by atoms with van der Waals surface area (Å²) in [6.07, 6.45) is 4.82. The molecule has 0 unspecified atom stereocenters. The number of benzene rings is 2. The molecule has 4 rings (SSSR count). The average Bonchev–Trinajstić information content (AvgIpc) is 3.30. The van der Waals surface area contributed by atoms with Crippen LogP contribution >= 0.6 is 0 Å². The van der Waals surface area contributed by atoms with Gasteiger partial charge in [0.2, 0.25) is 5.95 Å². The lowest BCUT2D eigenvalue weighted by molar-refractivity contribution is 0.462. The lowest BCUT2D eigenvalue weighted by Crippen LogP contribution is -2.20. The van der Waals surface area contributed by atoms with E-state index in [2.05, 4.69) is 30.7 Å². The number of anilines is 4. The van der Waals surface area contributed by atoms with Crippen LogP contribution in [0.15, 0.2) is 72.3 Å². The Labute approximate surface area is 199 Å². The molecule has 4 aromatic rings. The summed E-state index contributed by atoms with van der Waals surface area (Å²) < 4.78 is 27.3. The maximum absolute atomic E-state index is 12.8. The minimum atomic E-state index is -3.41. The third-order valence-corrected chi connectivity index (χ3v) is 7.08. The highest BCUT2D eigenvalue weighted by atomic mass is 32.2. The van der Waals surface area contributed by atoms with Crippen LogP contribution < -0.4 is 10.6 Å². The van der Waals surface area contributed by atoms with E-state index in [0.717, 1.165) is 16.9 Å². The molecule has 34 heavy (non-hydrogen) atoms. The maximum atomic E-state index is 12.8. The zero-order valence-corrected chi connectivity index (χ0v) is 20.3. The van der Waals surface area contributed by atoms with E-state index in [1.807, 2.05) is 58.0 Å². The second-order valence-electron chi connectivity index (χ2n) is 9.21. The fraction of sp³-hybridized carbons (Fsp3) is 0.250. The second kappa shape index (κ2) is 9.22. The molecule has 9 nitrogen and oxygen atoms in total. The smallest absolute Gasteiger partial charge is 0.229 e. The Kier molecular flexibility index (Phi) is 6.34. The van der Waals surface area contributed by atoms with Gasteiger partial charge in [-0.25, -0.2) is 23.1 Å². The number of sulfone groups is 1. The van der Waals surface area contributed by atoms with Crippen molar-refractivity contribution < 1.29 is 8.42 Å². The van der Waals surface area contributed by atoms with Gasteiger partial charge in [0.25, 0.3) is 0 Å². The number of aromatic nitrogens is 5. The van der Waals surface area contributed by atoms with Gasteiger partial charge in [0.05, 0.1) is 16.3 Å². The van der Waals surface area contributed by atoms with Crippen molar-refractivity contribution in [3.8, 4) is 5.69 Å². The van der Waals surface area contributed by atoms with Gasteiger partial charge in [0, 0.05) is 23.1 Å². The first kappa shape index (κ1) is 23.4. The zero-order chi connectivity index (χ0) is 24.3. The molecule has 2 aromatic heterocycles. The molecular weight excluding hydrogens is 450 g/mol. The number of nitrogens with zero attached hydrogens (tertiary/aromatic N) is 5. The van der Waals surface area contributed by atoms with Crippen molar-refractivity contribution >= 4 is 33.0 Å². The van der Waals surface area contributed by atoms with E-state index in [9.17, 15) is 8.42 Å². The lowest BCUT2D eigenvalue weighted by Gasteiger charge is -2.18. The van der Waals surface area contributed by atoms with Crippen molar-refractivity contribution in [2.24, 2.45) is 5.41 Å². The highest BCUT2D eigenvalue weighted by Gasteiger charge is 2.23. The van der Waals surface area contributed by atoms with Crippen LogP contribution in [-0.2, 0) is 9.84 Å². The number of nitrogens with one attached hydrogen (secondary N) is 2. The van der Waals surface area contributed by atoms with Crippen molar-refractivity contribution in [1.29, 1.82) is 0 Å². The molecule has 0 aliphatic carbocycles. The molecule has 0 aliphatic rings. The fourth-order valence-corrected chi connectivity index (χ4v) is 5.25. The van der Waals surface area contributed by atoms with Gasteiger partial charge >= 0.3 is 0 Å². The van der Waals surface area contributed by atoms with Crippen molar-refractivity contribution in [2.75, 3.05) is 16.4 Å². The molecule has 10 heteroatoms. The molecule has 2 heterocycles. The van der Waals surface area contributed by atoms with Gasteiger partial charge in [-0.05, 0) is 54.8 Å². The summed E-state index contributed by atoms with van der Waals surface area (Å²) in [5.41, 5.74) is 2.83. The van der Waals surface area contributed by atoms with Gasteiger partial charge < -0.3 is 10.6 Å². The average molecular weight is 478 g/mol. The van der Waals surface area contributed by atoms with Crippen LogP contribution in [0.25, 0.3) is 5.69 Å². The Hall–Kier alpha value is -3.79. The summed E-state index contributed by atoms with van der Waals surface area (Å²) in [5, 5.41) is 10.5. The SMILES string of the molecule is Cc1cnc(Nc2ccc(-n3cncn3)cc2)nc1Nc1cccc(S(=O)(=O)CC(C)(C)C)c1. The number of hydrogen-bond donors (Lipinski definition) is 2. The van der Waals surface area contributed by atoms with Gasteiger partial charge in [0.15, 0.2) is 9.84 Å². The van der Waals surface area contributed by atoms with Gasteiger partial charge in [-0.2, -0.15) is 10.1 Å². The Bertz CT molecular complexity index is 1380. The normalized spacial score (nSPS) is 11.9. The highest BCUT2D eigenvalue weighted by molar-refractivity contribution is 7.91. The van der Waals surface area contributed by atoms with Gasteiger partial charge in [-0.3, -0.25) is 0 Å². The predicted molar refractivity (Wildman–Crippen MR) is 133 cm³/mol. The molecule has 0 atom stereocenters. The Morgan fingerprint density at radius 1 is 1.00 bits per heavy atom. The van der Waals surface area contributed by atoms with E-state index in [4.69, 9.17) is 0 Å². The minimum Gasteiger partial charge on any atom is -0.340 e. The van der Waals surface area contributed by atoms with E-state index in [1.54, 1.807) is 35.4 Å². The minimum absolute atomic E-state index is 0.0692. The quantitative estimate of drug-likeness (QED) is 0.395. The van der Waals surface area contributed by atoms with Crippen LogP contribution in [0.5, 0.6) is 0 Å². The van der Waals surface area contributed by atoms with Crippen LogP contribution in [0.4, 0.5) is 23.1 Å². The molecule has 0 saturated heterocycles. The molecule has 0 fully saturated rings. The Morgan fingerprint density at radius 3 is 2.44 bits per heavy atom. The molecule has 0 amide bonds. The van der Waals surface area contributed by atoms with E-state index in [-0.39, 0.29) is 16.1 Å². The van der Waals surface area contributed by atoms with Crippen molar-refractivity contribution in [3.63, 3.8) is 0 Å². The fourth-order valence-electron chi connectivity index (χ4n) is 3.35. The highest BCUT2D eigenvalue weighted by Crippen LogP contribution is 2.26. The summed E-state index contributed by atoms with van der Waals surface area (Å²) in [6.45, 7) is 7.62. The van der Waals surface area contributed by atoms with Crippen molar-refractivity contribution in [2.45, 2.75) is 32.6 Å². The van der Waals surface area contributed by atoms with E-state index in [0.29, 0.717) is 17.5 Å². The predicted octanol–water partition coefficient (Wildman–Crippen LogP) is 4.67. The molecule has 0 saturated carbocycles. The molecule has 0 bridgehead atoms. The third kappa shape index (κ3) is 5.76. The van der Waals surface area contributed by atoms with Gasteiger partial charge in [-0.1, -0.05) is 26.8 Å². The molecule has 0 spiro atoms. The molecule has 2 aromatic carbocycles. The van der Waals surface area contributed by atoms with Crippen LogP contribution in [0, 0.1) is 12.3 Å². The topological polar surface area (TPSA) is 115 Å². The first-order chi connectivity index (χ1) is 16.1. The number of rotatable bonds is 7. The Balaban J connectivity index is 1.52. The molecule has 2 N–H and O–H groups in total. The molecule has 176 valence electrons. The standard InChI is InChI=1S/C24H27N7O2S/c1-17-13-26-23(29-18-8-10-20(11-9-18)31-16-25-15-27-31)30-22(17)28-19-6-5-7-21(12-19)34(32,33)14-24(2,3)4/h5-13,15-16H,14H2,1-4H3,(H2,26,28,29,30). The van der Waals surface area contributed by atoms with E-state index in [1.165, 1.54) is 6.33 Å². The molecule has 0 radical (unpaired) electrons. The van der Waals surface area contributed by atoms with Crippen molar-refractivity contribution in [3.05, 3.63) is 72.9 Å². The summed E-state index contributed by atoms with van der Waals surface area (Å²) >= 11 is 0. The van der Waals surface area contributed by atoms with Crippen LogP contribution in [0.3, 0.4) is 0 Å². The van der Waals surface area contributed by atoms with Crippen molar-refractivity contribution in [1.82, 2.24) is 24.7 Å². The molecule has 0 aliphatic heterocycles. The van der Waals surface area contributed by atoms with E-state index >= 15 is 0 Å². The van der Waals surface area contributed by atoms with Gasteiger partial charge in [-0.15, -0.1) is 0 Å². The first-order valence-electron chi connectivity index (χ1n) is 10.7. The third-order valence-electron chi connectivity index (χ3n) is 4.86. The number of hydrogen-bond acceptors (Lipinski definition) is 8. The van der Waals surface area contributed by atoms with Crippen LogP contribution in [-0.4, -0.2) is 38.9 Å².